The lowest BCUT2D eigenvalue weighted by Crippen LogP contribution is -2.16. The third kappa shape index (κ3) is 4.18. The van der Waals surface area contributed by atoms with E-state index in [1.54, 1.807) is 12.1 Å². The zero-order valence-electron chi connectivity index (χ0n) is 11.6. The van der Waals surface area contributed by atoms with Gasteiger partial charge in [0.25, 0.3) is 5.69 Å². The molecule has 1 fully saturated rings. The van der Waals surface area contributed by atoms with Crippen molar-refractivity contribution in [2.45, 2.75) is 45.1 Å². The molecular formula is C15H21ClN2O2. The smallest absolute Gasteiger partial charge is 0.275 e. The Morgan fingerprint density at radius 1 is 1.35 bits per heavy atom. The van der Waals surface area contributed by atoms with Gasteiger partial charge in [-0.25, -0.2) is 0 Å². The zero-order valence-corrected chi connectivity index (χ0v) is 12.4. The van der Waals surface area contributed by atoms with Crippen LogP contribution >= 0.6 is 11.6 Å². The molecule has 1 aliphatic rings. The fourth-order valence-electron chi connectivity index (χ4n) is 2.92. The highest BCUT2D eigenvalue weighted by atomic mass is 35.5. The second-order valence-electron chi connectivity index (χ2n) is 5.46. The molecule has 0 aliphatic heterocycles. The van der Waals surface area contributed by atoms with Crippen molar-refractivity contribution < 1.29 is 4.92 Å². The fraction of sp³-hybridized carbons (Fsp3) is 0.600. The first kappa shape index (κ1) is 15.3. The van der Waals surface area contributed by atoms with Crippen LogP contribution in [0.4, 0.5) is 5.69 Å². The molecule has 1 aliphatic carbocycles. The molecule has 0 radical (unpaired) electrons. The molecule has 0 heterocycles. The summed E-state index contributed by atoms with van der Waals surface area (Å²) in [6.07, 6.45) is 7.89. The summed E-state index contributed by atoms with van der Waals surface area (Å²) < 4.78 is 0. The highest BCUT2D eigenvalue weighted by molar-refractivity contribution is 6.31. The maximum Gasteiger partial charge on any atom is 0.275 e. The number of nitro groups is 1. The minimum atomic E-state index is -0.374. The lowest BCUT2D eigenvalue weighted by atomic mass is 10.0. The van der Waals surface area contributed by atoms with Crippen LogP contribution in [0.1, 0.15) is 44.1 Å². The van der Waals surface area contributed by atoms with Crippen LogP contribution in [0.25, 0.3) is 0 Å². The van der Waals surface area contributed by atoms with Crippen molar-refractivity contribution in [3.05, 3.63) is 38.9 Å². The molecule has 2 rings (SSSR count). The van der Waals surface area contributed by atoms with E-state index in [1.165, 1.54) is 38.2 Å². The first-order valence-electron chi connectivity index (χ1n) is 7.31. The maximum absolute atomic E-state index is 11.0. The van der Waals surface area contributed by atoms with Crippen LogP contribution < -0.4 is 5.32 Å². The molecule has 110 valence electrons. The van der Waals surface area contributed by atoms with E-state index in [1.807, 2.05) is 0 Å². The SMILES string of the molecule is O=[N+]([O-])c1cccc(Cl)c1CNCCCC1CCCC1. The Bertz CT molecular complexity index is 459. The van der Waals surface area contributed by atoms with Crippen molar-refractivity contribution in [1.82, 2.24) is 5.32 Å². The Morgan fingerprint density at radius 2 is 2.10 bits per heavy atom. The van der Waals surface area contributed by atoms with Gasteiger partial charge < -0.3 is 5.32 Å². The van der Waals surface area contributed by atoms with Crippen LogP contribution in [-0.4, -0.2) is 11.5 Å². The minimum absolute atomic E-state index is 0.0980. The van der Waals surface area contributed by atoms with Crippen molar-refractivity contribution in [3.8, 4) is 0 Å². The Labute approximate surface area is 124 Å². The summed E-state index contributed by atoms with van der Waals surface area (Å²) in [5, 5.41) is 14.7. The fourth-order valence-corrected chi connectivity index (χ4v) is 3.16. The third-order valence-electron chi connectivity index (χ3n) is 4.03. The molecule has 0 aromatic heterocycles. The Hall–Kier alpha value is -1.13. The zero-order chi connectivity index (χ0) is 14.4. The van der Waals surface area contributed by atoms with E-state index < -0.39 is 0 Å². The van der Waals surface area contributed by atoms with Crippen molar-refractivity contribution in [2.75, 3.05) is 6.54 Å². The number of rotatable bonds is 7. The van der Waals surface area contributed by atoms with Crippen LogP contribution in [0.15, 0.2) is 18.2 Å². The molecule has 1 saturated carbocycles. The molecule has 4 nitrogen and oxygen atoms in total. The second-order valence-corrected chi connectivity index (χ2v) is 5.87. The van der Waals surface area contributed by atoms with E-state index in [0.29, 0.717) is 17.1 Å². The lowest BCUT2D eigenvalue weighted by molar-refractivity contribution is -0.385. The standard InChI is InChI=1S/C15H21ClN2O2/c16-14-8-3-9-15(18(19)20)13(14)11-17-10-4-7-12-5-1-2-6-12/h3,8-9,12,17H,1-2,4-7,10-11H2. The van der Waals surface area contributed by atoms with Crippen LogP contribution in [0.3, 0.4) is 0 Å². The van der Waals surface area contributed by atoms with Crippen molar-refractivity contribution in [3.63, 3.8) is 0 Å². The molecule has 1 aromatic rings. The number of nitro benzene ring substituents is 1. The third-order valence-corrected chi connectivity index (χ3v) is 4.39. The van der Waals surface area contributed by atoms with E-state index in [9.17, 15) is 10.1 Å². The number of nitrogens with one attached hydrogen (secondary N) is 1. The van der Waals surface area contributed by atoms with Crippen LogP contribution in [0.2, 0.25) is 5.02 Å². The molecule has 1 aromatic carbocycles. The summed E-state index contributed by atoms with van der Waals surface area (Å²) in [6.45, 7) is 1.35. The maximum atomic E-state index is 11.0. The Balaban J connectivity index is 1.77. The number of nitrogens with zero attached hydrogens (tertiary/aromatic N) is 1. The summed E-state index contributed by atoms with van der Waals surface area (Å²) in [5.41, 5.74) is 0.681. The van der Waals surface area contributed by atoms with Gasteiger partial charge in [0.05, 0.1) is 15.5 Å². The van der Waals surface area contributed by atoms with E-state index in [-0.39, 0.29) is 10.6 Å². The van der Waals surface area contributed by atoms with E-state index >= 15 is 0 Å². The van der Waals surface area contributed by atoms with Crippen LogP contribution in [0.5, 0.6) is 0 Å². The summed E-state index contributed by atoms with van der Waals surface area (Å²) in [4.78, 5) is 10.6. The van der Waals surface area contributed by atoms with Gasteiger partial charge in [-0.1, -0.05) is 43.4 Å². The highest BCUT2D eigenvalue weighted by Gasteiger charge is 2.16. The van der Waals surface area contributed by atoms with E-state index in [2.05, 4.69) is 5.32 Å². The molecule has 0 unspecified atom stereocenters. The van der Waals surface area contributed by atoms with Crippen LogP contribution in [0, 0.1) is 16.0 Å². The van der Waals surface area contributed by atoms with Crippen molar-refractivity contribution in [1.29, 1.82) is 0 Å². The normalized spacial score (nSPS) is 15.7. The van der Waals surface area contributed by atoms with Gasteiger partial charge in [-0.2, -0.15) is 0 Å². The molecule has 20 heavy (non-hydrogen) atoms. The summed E-state index contributed by atoms with van der Waals surface area (Å²) in [6, 6.07) is 4.82. The first-order valence-corrected chi connectivity index (χ1v) is 7.69. The van der Waals surface area contributed by atoms with Gasteiger partial charge in [-0.05, 0) is 31.4 Å². The second kappa shape index (κ2) is 7.60. The van der Waals surface area contributed by atoms with Gasteiger partial charge >= 0.3 is 0 Å². The number of benzene rings is 1. The molecule has 0 amide bonds. The van der Waals surface area contributed by atoms with Crippen LogP contribution in [-0.2, 0) is 6.54 Å². The quantitative estimate of drug-likeness (QED) is 0.463. The first-order chi connectivity index (χ1) is 9.68. The molecule has 0 spiro atoms. The molecule has 5 heteroatoms. The molecule has 1 N–H and O–H groups in total. The highest BCUT2D eigenvalue weighted by Crippen LogP contribution is 2.28. The van der Waals surface area contributed by atoms with Crippen molar-refractivity contribution >= 4 is 17.3 Å². The summed E-state index contributed by atoms with van der Waals surface area (Å²) >= 11 is 6.05. The average molecular weight is 297 g/mol. The Kier molecular flexibility index (Phi) is 5.80. The predicted molar refractivity (Wildman–Crippen MR) is 81.0 cm³/mol. The summed E-state index contributed by atoms with van der Waals surface area (Å²) in [7, 11) is 0. The van der Waals surface area contributed by atoms with Gasteiger partial charge in [0, 0.05) is 12.6 Å². The Morgan fingerprint density at radius 3 is 2.80 bits per heavy atom. The van der Waals surface area contributed by atoms with E-state index in [0.717, 1.165) is 18.9 Å². The predicted octanol–water partition coefficient (Wildman–Crippen LogP) is 4.31. The van der Waals surface area contributed by atoms with Gasteiger partial charge in [0.2, 0.25) is 0 Å². The number of halogens is 1. The lowest BCUT2D eigenvalue weighted by Gasteiger charge is -2.10. The van der Waals surface area contributed by atoms with E-state index in [4.69, 9.17) is 11.6 Å². The summed E-state index contributed by atoms with van der Waals surface area (Å²) in [5.74, 6) is 0.895. The molecule has 0 atom stereocenters. The van der Waals surface area contributed by atoms with Gasteiger partial charge in [-0.15, -0.1) is 0 Å². The molecular weight excluding hydrogens is 276 g/mol. The molecule has 0 bridgehead atoms. The largest absolute Gasteiger partial charge is 0.312 e. The minimum Gasteiger partial charge on any atom is -0.312 e. The van der Waals surface area contributed by atoms with Gasteiger partial charge in [0.1, 0.15) is 0 Å². The van der Waals surface area contributed by atoms with Gasteiger partial charge in [0.15, 0.2) is 0 Å². The monoisotopic (exact) mass is 296 g/mol. The number of hydrogen-bond donors (Lipinski definition) is 1. The van der Waals surface area contributed by atoms with Gasteiger partial charge in [-0.3, -0.25) is 10.1 Å². The average Bonchev–Trinajstić information content (AvgIpc) is 2.92. The topological polar surface area (TPSA) is 55.2 Å². The molecule has 0 saturated heterocycles. The van der Waals surface area contributed by atoms with Crippen molar-refractivity contribution in [2.24, 2.45) is 5.92 Å². The number of hydrogen-bond acceptors (Lipinski definition) is 3.